The summed E-state index contributed by atoms with van der Waals surface area (Å²) in [6.45, 7) is 14.3. The van der Waals surface area contributed by atoms with E-state index in [1.807, 2.05) is 33.8 Å². The number of hydrogen-bond acceptors (Lipinski definition) is 4. The number of esters is 1. The van der Waals surface area contributed by atoms with Gasteiger partial charge in [0.1, 0.15) is 18.5 Å². The van der Waals surface area contributed by atoms with E-state index in [1.165, 1.54) is 22.3 Å². The number of carbonyl (C=O) groups excluding carboxylic acids is 2. The van der Waals surface area contributed by atoms with Crippen LogP contribution < -0.4 is 5.73 Å². The van der Waals surface area contributed by atoms with E-state index in [4.69, 9.17) is 10.5 Å². The van der Waals surface area contributed by atoms with Crippen molar-refractivity contribution in [2.45, 2.75) is 99.5 Å². The molecule has 0 spiro atoms. The minimum Gasteiger partial charge on any atom is -0.459 e. The Morgan fingerprint density at radius 2 is 1.86 bits per heavy atom. The van der Waals surface area contributed by atoms with Crippen LogP contribution >= 0.6 is 0 Å². The fourth-order valence-corrected chi connectivity index (χ4v) is 5.82. The van der Waals surface area contributed by atoms with Gasteiger partial charge in [0.2, 0.25) is 0 Å². The highest BCUT2D eigenvalue weighted by Gasteiger charge is 2.31. The summed E-state index contributed by atoms with van der Waals surface area (Å²) in [7, 11) is 0. The molecule has 0 amide bonds. The average Bonchev–Trinajstić information content (AvgIpc) is 2.87. The minimum atomic E-state index is -0.983. The Labute approximate surface area is 221 Å². The summed E-state index contributed by atoms with van der Waals surface area (Å²) >= 11 is 0. The normalized spacial score (nSPS) is 20.4. The largest absolute Gasteiger partial charge is 0.459 e. The number of carbonyl (C=O) groups is 2. The Morgan fingerprint density at radius 1 is 1.16 bits per heavy atom. The van der Waals surface area contributed by atoms with Crippen molar-refractivity contribution in [1.82, 2.24) is 0 Å². The molecule has 5 heteroatoms. The lowest BCUT2D eigenvalue weighted by Crippen LogP contribution is -2.40. The lowest BCUT2D eigenvalue weighted by Gasteiger charge is -2.29. The molecule has 2 aliphatic rings. The second-order valence-corrected chi connectivity index (χ2v) is 10.3. The van der Waals surface area contributed by atoms with Crippen LogP contribution in [-0.4, -0.2) is 24.4 Å². The fourth-order valence-electron chi connectivity index (χ4n) is 5.82. The van der Waals surface area contributed by atoms with Gasteiger partial charge < -0.3 is 10.5 Å². The van der Waals surface area contributed by atoms with E-state index in [9.17, 15) is 14.0 Å². The first-order valence-corrected chi connectivity index (χ1v) is 13.6. The molecule has 0 aromatic heterocycles. The van der Waals surface area contributed by atoms with Crippen molar-refractivity contribution in [1.29, 1.82) is 0 Å². The molecule has 1 aliphatic carbocycles. The average molecular weight is 508 g/mol. The Hall–Kier alpha value is -2.79. The van der Waals surface area contributed by atoms with E-state index in [2.05, 4.69) is 20.8 Å². The Bertz CT molecular complexity index is 1230. The highest BCUT2D eigenvalue weighted by Crippen LogP contribution is 2.42. The molecule has 1 aromatic carbocycles. The van der Waals surface area contributed by atoms with E-state index in [-0.39, 0.29) is 18.2 Å². The number of ether oxygens (including phenoxy) is 1. The maximum atomic E-state index is 14.6. The Kier molecular flexibility index (Phi) is 9.46. The summed E-state index contributed by atoms with van der Waals surface area (Å²) < 4.78 is 19.8. The SMILES string of the molecule is CCCC(=O)C1=C(/C=C(C)/C(C(/CC)=C2/CCCc3c(C)c(F)cc(C)c32)=C(/C)CC)C(N)C(=O)OC1. The van der Waals surface area contributed by atoms with Gasteiger partial charge in [-0.15, -0.1) is 0 Å². The van der Waals surface area contributed by atoms with Gasteiger partial charge in [0.05, 0.1) is 0 Å². The molecule has 0 saturated carbocycles. The molecule has 0 saturated heterocycles. The number of cyclic esters (lactones) is 1. The first-order valence-electron chi connectivity index (χ1n) is 13.6. The number of hydrogen-bond donors (Lipinski definition) is 1. The summed E-state index contributed by atoms with van der Waals surface area (Å²) in [6.07, 6.45) is 7.52. The van der Waals surface area contributed by atoms with Crippen LogP contribution in [0.3, 0.4) is 0 Å². The number of ketones is 1. The maximum Gasteiger partial charge on any atom is 0.327 e. The summed E-state index contributed by atoms with van der Waals surface area (Å²) in [4.78, 5) is 25.3. The molecule has 0 fully saturated rings. The minimum absolute atomic E-state index is 0.0225. The summed E-state index contributed by atoms with van der Waals surface area (Å²) in [5.41, 5.74) is 17.2. The summed E-state index contributed by atoms with van der Waals surface area (Å²) in [5, 5.41) is 0. The molecule has 0 radical (unpaired) electrons. The van der Waals surface area contributed by atoms with Crippen LogP contribution in [0, 0.1) is 19.7 Å². The van der Waals surface area contributed by atoms with Crippen molar-refractivity contribution in [2.24, 2.45) is 5.73 Å². The van der Waals surface area contributed by atoms with Crippen molar-refractivity contribution in [3.8, 4) is 0 Å². The molecule has 1 aliphatic heterocycles. The van der Waals surface area contributed by atoms with Gasteiger partial charge in [-0.1, -0.05) is 32.4 Å². The molecule has 200 valence electrons. The van der Waals surface area contributed by atoms with Gasteiger partial charge in [-0.25, -0.2) is 9.18 Å². The van der Waals surface area contributed by atoms with Crippen LogP contribution in [0.5, 0.6) is 0 Å². The topological polar surface area (TPSA) is 69.4 Å². The quantitative estimate of drug-likeness (QED) is 0.299. The fraction of sp³-hybridized carbons (Fsp3) is 0.500. The summed E-state index contributed by atoms with van der Waals surface area (Å²) in [5.74, 6) is -0.666. The van der Waals surface area contributed by atoms with Crippen LogP contribution in [0.15, 0.2) is 45.6 Å². The van der Waals surface area contributed by atoms with Gasteiger partial charge in [0, 0.05) is 12.0 Å². The first-order chi connectivity index (χ1) is 17.6. The molecule has 1 aromatic rings. The predicted octanol–water partition coefficient (Wildman–Crippen LogP) is 7.17. The number of allylic oxidation sites excluding steroid dienone is 5. The standard InChI is InChI=1S/C32H42FNO3/c1-8-12-28(35)26-17-37-32(36)31(34)25(26)15-19(5)29(18(4)9-2)22(10-3)24-14-11-13-23-21(7)27(33)16-20(6)30(23)24/h15-16,31H,8-14,17,34H2,1-7H3/b19-15+,24-22-,29-18+. The highest BCUT2D eigenvalue weighted by molar-refractivity contribution is 6.00. The molecule has 3 rings (SSSR count). The Morgan fingerprint density at radius 3 is 2.49 bits per heavy atom. The number of halogens is 1. The van der Waals surface area contributed by atoms with Crippen LogP contribution in [0.25, 0.3) is 5.57 Å². The van der Waals surface area contributed by atoms with Crippen molar-refractivity contribution in [3.63, 3.8) is 0 Å². The van der Waals surface area contributed by atoms with Crippen LogP contribution in [-0.2, 0) is 20.7 Å². The number of Topliss-reactive ketones (excluding diaryl/α,β-unsaturated/α-hetero) is 1. The van der Waals surface area contributed by atoms with E-state index in [1.54, 1.807) is 6.07 Å². The van der Waals surface area contributed by atoms with Crippen LogP contribution in [0.1, 0.15) is 95.4 Å². The van der Waals surface area contributed by atoms with E-state index >= 15 is 0 Å². The van der Waals surface area contributed by atoms with Gasteiger partial charge in [-0.2, -0.15) is 0 Å². The summed E-state index contributed by atoms with van der Waals surface area (Å²) in [6, 6.07) is 0.679. The third-order valence-corrected chi connectivity index (χ3v) is 7.86. The van der Waals surface area contributed by atoms with Gasteiger partial charge in [-0.3, -0.25) is 4.79 Å². The smallest absolute Gasteiger partial charge is 0.327 e. The van der Waals surface area contributed by atoms with Gasteiger partial charge in [0.15, 0.2) is 5.78 Å². The molecule has 1 atom stereocenters. The predicted molar refractivity (Wildman–Crippen MR) is 149 cm³/mol. The second-order valence-electron chi connectivity index (χ2n) is 10.3. The first kappa shape index (κ1) is 28.8. The van der Waals surface area contributed by atoms with Gasteiger partial charge in [-0.05, 0) is 122 Å². The molecular formula is C32H42FNO3. The lowest BCUT2D eigenvalue weighted by atomic mass is 9.76. The van der Waals surface area contributed by atoms with Crippen molar-refractivity contribution in [3.05, 3.63) is 73.7 Å². The molecule has 1 unspecified atom stereocenters. The number of aryl methyl sites for hydroxylation is 1. The van der Waals surface area contributed by atoms with E-state index < -0.39 is 12.0 Å². The van der Waals surface area contributed by atoms with Crippen LogP contribution in [0.4, 0.5) is 4.39 Å². The van der Waals surface area contributed by atoms with Crippen molar-refractivity contribution < 1.29 is 18.7 Å². The second kappa shape index (κ2) is 12.2. The lowest BCUT2D eigenvalue weighted by molar-refractivity contribution is -0.144. The van der Waals surface area contributed by atoms with Crippen LogP contribution in [0.2, 0.25) is 0 Å². The molecular weight excluding hydrogens is 465 g/mol. The monoisotopic (exact) mass is 507 g/mol. The van der Waals surface area contributed by atoms with Crippen molar-refractivity contribution >= 4 is 17.3 Å². The number of fused-ring (bicyclic) bond motifs is 1. The molecule has 2 N–H and O–H groups in total. The molecule has 0 bridgehead atoms. The maximum absolute atomic E-state index is 14.6. The zero-order chi connectivity index (χ0) is 27.4. The zero-order valence-corrected chi connectivity index (χ0v) is 23.6. The Balaban J connectivity index is 2.28. The number of benzene rings is 1. The van der Waals surface area contributed by atoms with E-state index in [0.717, 1.165) is 59.9 Å². The molecule has 1 heterocycles. The zero-order valence-electron chi connectivity index (χ0n) is 23.6. The number of rotatable bonds is 8. The third kappa shape index (κ3) is 5.72. The van der Waals surface area contributed by atoms with Gasteiger partial charge >= 0.3 is 5.97 Å². The molecule has 37 heavy (non-hydrogen) atoms. The van der Waals surface area contributed by atoms with Crippen molar-refractivity contribution in [2.75, 3.05) is 6.61 Å². The highest BCUT2D eigenvalue weighted by atomic mass is 19.1. The molecule has 4 nitrogen and oxygen atoms in total. The van der Waals surface area contributed by atoms with Gasteiger partial charge in [0.25, 0.3) is 0 Å². The van der Waals surface area contributed by atoms with E-state index in [0.29, 0.717) is 24.0 Å². The third-order valence-electron chi connectivity index (χ3n) is 7.86. The number of nitrogens with two attached hydrogens (primary N) is 1.